The molecule has 0 amide bonds. The standard InChI is InChI=1S/C16H19N3O4S/c1-13-3-2-4-14(11-13)24(22,23)19-8-5-16(6-9-19,15(20)21)18-10-7-17-12-18/h2-4,7,10-12H,5-6,8-9H2,1H3,(H,20,21). The molecular weight excluding hydrogens is 330 g/mol. The van der Waals surface area contributed by atoms with Gasteiger partial charge >= 0.3 is 5.97 Å². The molecule has 24 heavy (non-hydrogen) atoms. The number of carboxylic acid groups (broad SMARTS) is 1. The molecule has 0 radical (unpaired) electrons. The van der Waals surface area contributed by atoms with E-state index in [1.165, 1.54) is 16.8 Å². The summed E-state index contributed by atoms with van der Waals surface area (Å²) in [7, 11) is -3.61. The van der Waals surface area contributed by atoms with Gasteiger partial charge in [-0.05, 0) is 37.5 Å². The zero-order valence-corrected chi connectivity index (χ0v) is 14.1. The number of sulfonamides is 1. The van der Waals surface area contributed by atoms with Gasteiger partial charge in [0, 0.05) is 25.5 Å². The van der Waals surface area contributed by atoms with Crippen LogP contribution < -0.4 is 0 Å². The Morgan fingerprint density at radius 3 is 2.54 bits per heavy atom. The van der Waals surface area contributed by atoms with E-state index < -0.39 is 21.5 Å². The first kappa shape index (κ1) is 16.7. The Labute approximate surface area is 140 Å². The van der Waals surface area contributed by atoms with Crippen LogP contribution in [0.2, 0.25) is 0 Å². The summed E-state index contributed by atoms with van der Waals surface area (Å²) in [6.45, 7) is 2.14. The van der Waals surface area contributed by atoms with Crippen molar-refractivity contribution in [2.45, 2.75) is 30.2 Å². The SMILES string of the molecule is Cc1cccc(S(=O)(=O)N2CCC(C(=O)O)(n3ccnc3)CC2)c1. The van der Waals surface area contributed by atoms with Crippen LogP contribution in [0.25, 0.3) is 0 Å². The highest BCUT2D eigenvalue weighted by atomic mass is 32.2. The third-order valence-electron chi connectivity index (χ3n) is 4.57. The third-order valence-corrected chi connectivity index (χ3v) is 6.47. The molecule has 0 aliphatic carbocycles. The molecule has 3 rings (SSSR count). The number of aryl methyl sites for hydroxylation is 1. The van der Waals surface area contributed by atoms with Gasteiger partial charge in [0.25, 0.3) is 0 Å². The summed E-state index contributed by atoms with van der Waals surface area (Å²) in [5.74, 6) is -0.965. The fraction of sp³-hybridized carbons (Fsp3) is 0.375. The van der Waals surface area contributed by atoms with E-state index in [0.29, 0.717) is 0 Å². The Morgan fingerprint density at radius 1 is 1.29 bits per heavy atom. The topological polar surface area (TPSA) is 92.5 Å². The van der Waals surface area contributed by atoms with Gasteiger partial charge in [-0.15, -0.1) is 0 Å². The Balaban J connectivity index is 1.85. The summed E-state index contributed by atoms with van der Waals surface area (Å²) in [6.07, 6.45) is 5.01. The van der Waals surface area contributed by atoms with E-state index in [0.717, 1.165) is 5.56 Å². The number of nitrogens with zero attached hydrogens (tertiary/aromatic N) is 3. The van der Waals surface area contributed by atoms with Gasteiger partial charge in [0.1, 0.15) is 5.54 Å². The maximum atomic E-state index is 12.8. The van der Waals surface area contributed by atoms with Crippen molar-refractivity contribution in [3.63, 3.8) is 0 Å². The van der Waals surface area contributed by atoms with E-state index in [2.05, 4.69) is 4.98 Å². The Kier molecular flexibility index (Phi) is 4.18. The minimum atomic E-state index is -3.61. The highest BCUT2D eigenvalue weighted by Gasteiger charge is 2.45. The van der Waals surface area contributed by atoms with Gasteiger partial charge in [-0.2, -0.15) is 4.31 Å². The number of aliphatic carboxylic acids is 1. The van der Waals surface area contributed by atoms with Crippen molar-refractivity contribution >= 4 is 16.0 Å². The molecule has 128 valence electrons. The summed E-state index contributed by atoms with van der Waals surface area (Å²) in [5, 5.41) is 9.69. The molecule has 2 heterocycles. The van der Waals surface area contributed by atoms with Crippen molar-refractivity contribution in [1.29, 1.82) is 0 Å². The van der Waals surface area contributed by atoms with Crippen LogP contribution >= 0.6 is 0 Å². The van der Waals surface area contributed by atoms with Crippen LogP contribution in [0.3, 0.4) is 0 Å². The minimum absolute atomic E-state index is 0.154. The molecule has 0 unspecified atom stereocenters. The van der Waals surface area contributed by atoms with Crippen molar-refractivity contribution in [1.82, 2.24) is 13.9 Å². The highest BCUT2D eigenvalue weighted by Crippen LogP contribution is 2.33. The first-order valence-corrected chi connectivity index (χ1v) is 9.09. The predicted octanol–water partition coefficient (Wildman–Crippen LogP) is 1.46. The first-order chi connectivity index (χ1) is 11.4. The van der Waals surface area contributed by atoms with Gasteiger partial charge in [0.2, 0.25) is 10.0 Å². The van der Waals surface area contributed by atoms with Gasteiger partial charge in [-0.25, -0.2) is 18.2 Å². The van der Waals surface area contributed by atoms with E-state index in [9.17, 15) is 18.3 Å². The van der Waals surface area contributed by atoms with Crippen LogP contribution in [-0.4, -0.2) is 46.4 Å². The number of carboxylic acids is 1. The molecular formula is C16H19N3O4S. The van der Waals surface area contributed by atoms with E-state index in [-0.39, 0.29) is 30.8 Å². The molecule has 0 spiro atoms. The summed E-state index contributed by atoms with van der Waals surface area (Å²) >= 11 is 0. The number of rotatable bonds is 4. The van der Waals surface area contributed by atoms with Gasteiger partial charge in [0.05, 0.1) is 11.2 Å². The first-order valence-electron chi connectivity index (χ1n) is 7.65. The van der Waals surface area contributed by atoms with Gasteiger partial charge in [-0.3, -0.25) is 0 Å². The molecule has 2 aromatic rings. The lowest BCUT2D eigenvalue weighted by Crippen LogP contribution is -2.51. The quantitative estimate of drug-likeness (QED) is 0.902. The van der Waals surface area contributed by atoms with Crippen LogP contribution in [0, 0.1) is 6.92 Å². The summed E-state index contributed by atoms with van der Waals surface area (Å²) in [6, 6.07) is 6.74. The summed E-state index contributed by atoms with van der Waals surface area (Å²) in [4.78, 5) is 16.0. The zero-order chi connectivity index (χ0) is 17.4. The van der Waals surface area contributed by atoms with Crippen molar-refractivity contribution in [2.75, 3.05) is 13.1 Å². The van der Waals surface area contributed by atoms with Gasteiger partial charge in [0.15, 0.2) is 0 Å². The second-order valence-electron chi connectivity index (χ2n) is 6.03. The number of carbonyl (C=O) groups is 1. The molecule has 1 N–H and O–H groups in total. The highest BCUT2D eigenvalue weighted by molar-refractivity contribution is 7.89. The smallest absolute Gasteiger partial charge is 0.330 e. The fourth-order valence-electron chi connectivity index (χ4n) is 3.12. The maximum Gasteiger partial charge on any atom is 0.330 e. The van der Waals surface area contributed by atoms with Crippen LogP contribution in [-0.2, 0) is 20.4 Å². The van der Waals surface area contributed by atoms with Crippen molar-refractivity contribution < 1.29 is 18.3 Å². The molecule has 1 aliphatic heterocycles. The average Bonchev–Trinajstić information content (AvgIpc) is 3.09. The number of aromatic nitrogens is 2. The number of imidazole rings is 1. The molecule has 1 aliphatic rings. The van der Waals surface area contributed by atoms with Crippen LogP contribution in [0.15, 0.2) is 47.9 Å². The summed E-state index contributed by atoms with van der Waals surface area (Å²) < 4.78 is 28.5. The number of hydrogen-bond acceptors (Lipinski definition) is 4. The van der Waals surface area contributed by atoms with Crippen LogP contribution in [0.4, 0.5) is 0 Å². The molecule has 1 saturated heterocycles. The lowest BCUT2D eigenvalue weighted by Gasteiger charge is -2.38. The number of piperidine rings is 1. The minimum Gasteiger partial charge on any atom is -0.479 e. The normalized spacial score (nSPS) is 18.4. The molecule has 0 bridgehead atoms. The third kappa shape index (κ3) is 2.71. The molecule has 8 heteroatoms. The van der Waals surface area contributed by atoms with E-state index >= 15 is 0 Å². The molecule has 7 nitrogen and oxygen atoms in total. The maximum absolute atomic E-state index is 12.8. The second-order valence-corrected chi connectivity index (χ2v) is 7.97. The Morgan fingerprint density at radius 2 is 2.00 bits per heavy atom. The Bertz CT molecular complexity index is 838. The molecule has 0 atom stereocenters. The largest absolute Gasteiger partial charge is 0.479 e. The van der Waals surface area contributed by atoms with Crippen molar-refractivity contribution in [3.8, 4) is 0 Å². The van der Waals surface area contributed by atoms with Crippen molar-refractivity contribution in [3.05, 3.63) is 48.5 Å². The van der Waals surface area contributed by atoms with Crippen LogP contribution in [0.1, 0.15) is 18.4 Å². The number of benzene rings is 1. The molecule has 1 aromatic carbocycles. The second kappa shape index (κ2) is 6.03. The van der Waals surface area contributed by atoms with E-state index in [1.54, 1.807) is 29.0 Å². The van der Waals surface area contributed by atoms with E-state index in [4.69, 9.17) is 0 Å². The van der Waals surface area contributed by atoms with E-state index in [1.807, 2.05) is 13.0 Å². The molecule has 1 aromatic heterocycles. The fourth-order valence-corrected chi connectivity index (χ4v) is 4.66. The van der Waals surface area contributed by atoms with Gasteiger partial charge in [-0.1, -0.05) is 12.1 Å². The molecule has 0 saturated carbocycles. The average molecular weight is 349 g/mol. The number of hydrogen-bond donors (Lipinski definition) is 1. The monoisotopic (exact) mass is 349 g/mol. The lowest BCUT2D eigenvalue weighted by atomic mass is 9.88. The molecule has 1 fully saturated rings. The zero-order valence-electron chi connectivity index (χ0n) is 13.3. The van der Waals surface area contributed by atoms with Gasteiger partial charge < -0.3 is 9.67 Å². The summed E-state index contributed by atoms with van der Waals surface area (Å²) in [5.41, 5.74) is -0.277. The lowest BCUT2D eigenvalue weighted by molar-refractivity contribution is -0.149. The predicted molar refractivity (Wildman–Crippen MR) is 87.0 cm³/mol. The van der Waals surface area contributed by atoms with Crippen molar-refractivity contribution in [2.24, 2.45) is 0 Å². The van der Waals surface area contributed by atoms with Crippen LogP contribution in [0.5, 0.6) is 0 Å². The Hall–Kier alpha value is -2.19.